The van der Waals surface area contributed by atoms with Gasteiger partial charge in [-0.1, -0.05) is 29.5 Å². The number of nitro groups is 1. The summed E-state index contributed by atoms with van der Waals surface area (Å²) >= 11 is 1.21. The van der Waals surface area contributed by atoms with Crippen molar-refractivity contribution in [2.45, 2.75) is 13.8 Å². The predicted molar refractivity (Wildman–Crippen MR) is 125 cm³/mol. The number of hydrazine groups is 1. The van der Waals surface area contributed by atoms with Gasteiger partial charge in [0, 0.05) is 37.0 Å². The topological polar surface area (TPSA) is 152 Å². The summed E-state index contributed by atoms with van der Waals surface area (Å²) in [5, 5.41) is 15.7. The van der Waals surface area contributed by atoms with Gasteiger partial charge in [0.15, 0.2) is 0 Å². The number of carbonyl (C=O) groups is 2. The molecule has 11 nitrogen and oxygen atoms in total. The molecule has 0 atom stereocenters. The Kier molecular flexibility index (Phi) is 7.55. The average Bonchev–Trinajstić information content (AvgIpc) is 3.18. The normalized spacial score (nSPS) is 11.3. The van der Waals surface area contributed by atoms with Crippen molar-refractivity contribution in [2.24, 2.45) is 5.10 Å². The number of nitro benzene ring substituents is 1. The van der Waals surface area contributed by atoms with Crippen molar-refractivity contribution in [1.29, 1.82) is 0 Å². The quantitative estimate of drug-likeness (QED) is 0.263. The molecule has 0 unspecified atom stereocenters. The molecule has 0 radical (unpaired) electrons. The lowest BCUT2D eigenvalue weighted by Crippen LogP contribution is -2.26. The van der Waals surface area contributed by atoms with Gasteiger partial charge in [-0.2, -0.15) is 5.10 Å². The molecule has 2 aromatic heterocycles. The molecule has 0 fully saturated rings. The van der Waals surface area contributed by atoms with Crippen LogP contribution in [-0.2, 0) is 4.79 Å². The zero-order chi connectivity index (χ0) is 23.8. The lowest BCUT2D eigenvalue weighted by molar-refractivity contribution is -0.384. The predicted octanol–water partition coefficient (Wildman–Crippen LogP) is 3.07. The fraction of sp³-hybridized carbons (Fsp3) is 0.0952. The van der Waals surface area contributed by atoms with Gasteiger partial charge in [-0.3, -0.25) is 35.5 Å². The number of non-ortho nitro benzene ring substituents is 1. The molecule has 2 amide bonds. The molecule has 3 rings (SSSR count). The summed E-state index contributed by atoms with van der Waals surface area (Å²) in [4.78, 5) is 43.0. The second-order valence-corrected chi connectivity index (χ2v) is 7.60. The Morgan fingerprint density at radius 1 is 1.21 bits per heavy atom. The molecule has 0 aliphatic rings. The van der Waals surface area contributed by atoms with Gasteiger partial charge >= 0.3 is 0 Å². The maximum Gasteiger partial charge on any atom is 0.271 e. The number of benzene rings is 1. The number of aromatic nitrogens is 2. The first-order valence-electron chi connectivity index (χ1n) is 9.54. The average molecular weight is 465 g/mol. The number of allylic oxidation sites excluding steroid dienone is 1. The number of hydrogen-bond acceptors (Lipinski definition) is 9. The van der Waals surface area contributed by atoms with E-state index in [4.69, 9.17) is 0 Å². The molecular weight excluding hydrogens is 446 g/mol. The minimum absolute atomic E-state index is 0.0441. The van der Waals surface area contributed by atoms with E-state index >= 15 is 0 Å². The fourth-order valence-electron chi connectivity index (χ4n) is 2.59. The van der Waals surface area contributed by atoms with Crippen molar-refractivity contribution in [2.75, 3.05) is 5.43 Å². The molecule has 0 bridgehead atoms. The minimum atomic E-state index is -0.478. The summed E-state index contributed by atoms with van der Waals surface area (Å²) in [6.07, 6.45) is 6.25. The number of hydrogen-bond donors (Lipinski definition) is 3. The number of carbonyl (C=O) groups excluding carboxylic acids is 2. The van der Waals surface area contributed by atoms with Gasteiger partial charge in [0.2, 0.25) is 11.0 Å². The molecule has 0 spiro atoms. The Bertz CT molecular complexity index is 1240. The van der Waals surface area contributed by atoms with Gasteiger partial charge in [0.05, 0.1) is 15.5 Å². The summed E-state index contributed by atoms with van der Waals surface area (Å²) < 4.78 is 0. The van der Waals surface area contributed by atoms with Crippen LogP contribution < -0.4 is 16.3 Å². The molecule has 12 heteroatoms. The van der Waals surface area contributed by atoms with Gasteiger partial charge in [0.1, 0.15) is 5.71 Å². The molecule has 3 N–H and O–H groups in total. The maximum atomic E-state index is 12.4. The van der Waals surface area contributed by atoms with Crippen LogP contribution in [0, 0.1) is 17.0 Å². The minimum Gasteiger partial charge on any atom is -0.274 e. The van der Waals surface area contributed by atoms with Gasteiger partial charge in [-0.15, -0.1) is 0 Å². The van der Waals surface area contributed by atoms with Crippen molar-refractivity contribution in [1.82, 2.24) is 20.8 Å². The molecular formula is C21H19N7O4S. The molecule has 33 heavy (non-hydrogen) atoms. The molecule has 2 heterocycles. The van der Waals surface area contributed by atoms with Crippen LogP contribution in [0.5, 0.6) is 0 Å². The third-order valence-corrected chi connectivity index (χ3v) is 5.21. The van der Waals surface area contributed by atoms with Gasteiger partial charge in [0.25, 0.3) is 11.6 Å². The second-order valence-electron chi connectivity index (χ2n) is 6.60. The number of pyridine rings is 1. The summed E-state index contributed by atoms with van der Waals surface area (Å²) in [6, 6.07) is 9.21. The van der Waals surface area contributed by atoms with E-state index in [1.165, 1.54) is 42.8 Å². The first-order valence-corrected chi connectivity index (χ1v) is 10.4. The van der Waals surface area contributed by atoms with Crippen LogP contribution >= 0.6 is 11.3 Å². The van der Waals surface area contributed by atoms with E-state index < -0.39 is 10.8 Å². The smallest absolute Gasteiger partial charge is 0.271 e. The number of hydrazone groups is 1. The van der Waals surface area contributed by atoms with Crippen LogP contribution in [-0.4, -0.2) is 32.4 Å². The zero-order valence-electron chi connectivity index (χ0n) is 17.6. The first-order chi connectivity index (χ1) is 15.8. The largest absolute Gasteiger partial charge is 0.274 e. The highest BCUT2D eigenvalue weighted by Crippen LogP contribution is 2.24. The molecule has 0 saturated heterocycles. The molecule has 168 valence electrons. The Balaban J connectivity index is 1.92. The highest BCUT2D eigenvalue weighted by Gasteiger charge is 2.14. The number of anilines is 1. The Morgan fingerprint density at radius 3 is 2.67 bits per heavy atom. The van der Waals surface area contributed by atoms with Crippen molar-refractivity contribution in [3.63, 3.8) is 0 Å². The Hall–Kier alpha value is -4.45. The lowest BCUT2D eigenvalue weighted by atomic mass is 10.1. The molecule has 1 aromatic carbocycles. The van der Waals surface area contributed by atoms with E-state index in [2.05, 4.69) is 31.3 Å². The number of thiazole rings is 1. The van der Waals surface area contributed by atoms with Crippen LogP contribution in [0.25, 0.3) is 6.08 Å². The zero-order valence-corrected chi connectivity index (χ0v) is 18.4. The van der Waals surface area contributed by atoms with Gasteiger partial charge < -0.3 is 0 Å². The summed E-state index contributed by atoms with van der Waals surface area (Å²) in [5.41, 5.74) is 9.54. The standard InChI is InChI=1S/C21H19N7O4S/c1-13-19(33-21(23-13)27-24-14(2)29)18(25-26-20(30)16-8-10-22-11-9-16)7-6-15-4-3-5-17(12-15)28(31)32/h3-12H,1-2H3,(H,23,27)(H,24,29)(H,26,30). The van der Waals surface area contributed by atoms with Crippen LogP contribution in [0.15, 0.2) is 60.0 Å². The number of amides is 2. The van der Waals surface area contributed by atoms with E-state index in [1.807, 2.05) is 0 Å². The first kappa shape index (κ1) is 23.2. The Morgan fingerprint density at radius 2 is 1.97 bits per heavy atom. The van der Waals surface area contributed by atoms with Crippen molar-refractivity contribution in [3.8, 4) is 0 Å². The van der Waals surface area contributed by atoms with Crippen LogP contribution in [0.4, 0.5) is 10.8 Å². The van der Waals surface area contributed by atoms with Gasteiger partial charge in [-0.05, 0) is 30.7 Å². The molecule has 0 saturated carbocycles. The number of nitrogens with one attached hydrogen (secondary N) is 3. The molecule has 0 aliphatic carbocycles. The monoisotopic (exact) mass is 465 g/mol. The highest BCUT2D eigenvalue weighted by molar-refractivity contribution is 7.17. The highest BCUT2D eigenvalue weighted by atomic mass is 32.1. The van der Waals surface area contributed by atoms with Crippen molar-refractivity contribution >= 4 is 45.8 Å². The third-order valence-electron chi connectivity index (χ3n) is 4.11. The van der Waals surface area contributed by atoms with E-state index in [1.54, 1.807) is 43.3 Å². The van der Waals surface area contributed by atoms with E-state index in [0.29, 0.717) is 32.5 Å². The van der Waals surface area contributed by atoms with Crippen LogP contribution in [0.1, 0.15) is 33.4 Å². The summed E-state index contributed by atoms with van der Waals surface area (Å²) in [7, 11) is 0. The fourth-order valence-corrected chi connectivity index (χ4v) is 3.48. The van der Waals surface area contributed by atoms with E-state index in [9.17, 15) is 19.7 Å². The van der Waals surface area contributed by atoms with Crippen molar-refractivity contribution < 1.29 is 14.5 Å². The van der Waals surface area contributed by atoms with Crippen LogP contribution in [0.3, 0.4) is 0 Å². The third kappa shape index (κ3) is 6.51. The summed E-state index contributed by atoms with van der Waals surface area (Å²) in [5.74, 6) is -0.717. The second kappa shape index (κ2) is 10.7. The lowest BCUT2D eigenvalue weighted by Gasteiger charge is -2.03. The summed E-state index contributed by atoms with van der Waals surface area (Å²) in [6.45, 7) is 3.11. The maximum absolute atomic E-state index is 12.4. The Labute approximate surface area is 192 Å². The molecule has 0 aliphatic heterocycles. The van der Waals surface area contributed by atoms with Crippen LogP contribution in [0.2, 0.25) is 0 Å². The van der Waals surface area contributed by atoms with Gasteiger partial charge in [-0.25, -0.2) is 10.4 Å². The SMILES string of the molecule is CC(=O)NNc1nc(C)c(C(C=Cc2cccc([N+](=O)[O-])c2)=NNC(=O)c2ccncc2)s1. The number of rotatable bonds is 8. The van der Waals surface area contributed by atoms with Crippen molar-refractivity contribution in [3.05, 3.63) is 86.7 Å². The number of nitrogens with zero attached hydrogens (tertiary/aromatic N) is 4. The number of aryl methyl sites for hydroxylation is 1. The van der Waals surface area contributed by atoms with E-state index in [-0.39, 0.29) is 11.6 Å². The molecule has 3 aromatic rings. The van der Waals surface area contributed by atoms with E-state index in [0.717, 1.165) is 0 Å².